The molecule has 146 valence electrons. The van der Waals surface area contributed by atoms with E-state index in [1.165, 1.54) is 0 Å². The van der Waals surface area contributed by atoms with Crippen molar-refractivity contribution in [2.24, 2.45) is 10.8 Å². The molecule has 1 heterocycles. The van der Waals surface area contributed by atoms with Gasteiger partial charge in [-0.1, -0.05) is 47.5 Å². The smallest absolute Gasteiger partial charge is 0.107 e. The first kappa shape index (κ1) is 22.4. The van der Waals surface area contributed by atoms with Crippen LogP contribution in [0.3, 0.4) is 0 Å². The molecule has 0 aromatic carbocycles. The molecule has 0 aromatic heterocycles. The fourth-order valence-corrected chi connectivity index (χ4v) is 2.50. The molecule has 0 N–H and O–H groups in total. The summed E-state index contributed by atoms with van der Waals surface area (Å²) in [5.74, 6) is 6.31. The van der Waals surface area contributed by atoms with E-state index in [1.807, 2.05) is 0 Å². The van der Waals surface area contributed by atoms with Crippen LogP contribution in [0.1, 0.15) is 48.0 Å². The average molecular weight is 353 g/mol. The molecule has 1 aliphatic heterocycles. The van der Waals surface area contributed by atoms with E-state index >= 15 is 0 Å². The van der Waals surface area contributed by atoms with Crippen LogP contribution in [0.2, 0.25) is 0 Å². The Morgan fingerprint density at radius 2 is 1.24 bits per heavy atom. The van der Waals surface area contributed by atoms with E-state index in [0.29, 0.717) is 6.61 Å². The van der Waals surface area contributed by atoms with Crippen molar-refractivity contribution in [3.8, 4) is 11.8 Å². The van der Waals surface area contributed by atoms with Crippen molar-refractivity contribution in [2.75, 3.05) is 65.7 Å². The summed E-state index contributed by atoms with van der Waals surface area (Å²) in [5, 5.41) is 0. The third kappa shape index (κ3) is 13.3. The SMILES string of the molecule is CC(C)(C)CC#CCOCCN1CCN(CCOCC(C)(C)C)CC1. The molecule has 0 aromatic rings. The number of rotatable bonds is 8. The molecule has 25 heavy (non-hydrogen) atoms. The minimum atomic E-state index is 0.260. The Bertz CT molecular complexity index is 404. The Morgan fingerprint density at radius 1 is 0.720 bits per heavy atom. The third-order valence-corrected chi connectivity index (χ3v) is 4.02. The van der Waals surface area contributed by atoms with Gasteiger partial charge in [0.2, 0.25) is 0 Å². The lowest BCUT2D eigenvalue weighted by atomic mass is 9.93. The zero-order valence-corrected chi connectivity index (χ0v) is 17.5. The molecule has 1 saturated heterocycles. The van der Waals surface area contributed by atoms with Gasteiger partial charge in [0.25, 0.3) is 0 Å². The molecular weight excluding hydrogens is 312 g/mol. The molecule has 0 aliphatic carbocycles. The third-order valence-electron chi connectivity index (χ3n) is 4.02. The van der Waals surface area contributed by atoms with E-state index in [-0.39, 0.29) is 10.8 Å². The maximum Gasteiger partial charge on any atom is 0.107 e. The Balaban J connectivity index is 2.00. The Morgan fingerprint density at radius 3 is 1.72 bits per heavy atom. The largest absolute Gasteiger partial charge is 0.380 e. The highest BCUT2D eigenvalue weighted by atomic mass is 16.5. The lowest BCUT2D eigenvalue weighted by molar-refractivity contribution is 0.0380. The van der Waals surface area contributed by atoms with Crippen molar-refractivity contribution in [3.63, 3.8) is 0 Å². The zero-order valence-electron chi connectivity index (χ0n) is 17.5. The first-order chi connectivity index (χ1) is 11.7. The van der Waals surface area contributed by atoms with Gasteiger partial charge in [-0.05, 0) is 10.8 Å². The summed E-state index contributed by atoms with van der Waals surface area (Å²) in [6.45, 7) is 22.8. The molecular formula is C21H40N2O2. The Labute approximate surface area is 156 Å². The summed E-state index contributed by atoms with van der Waals surface area (Å²) in [6, 6.07) is 0. The lowest BCUT2D eigenvalue weighted by Gasteiger charge is -2.34. The van der Waals surface area contributed by atoms with E-state index in [2.05, 4.69) is 63.2 Å². The van der Waals surface area contributed by atoms with Crippen molar-refractivity contribution in [1.82, 2.24) is 9.80 Å². The van der Waals surface area contributed by atoms with Gasteiger partial charge in [-0.15, -0.1) is 5.92 Å². The molecule has 0 unspecified atom stereocenters. The minimum Gasteiger partial charge on any atom is -0.380 e. The van der Waals surface area contributed by atoms with Crippen molar-refractivity contribution in [1.29, 1.82) is 0 Å². The van der Waals surface area contributed by atoms with E-state index in [0.717, 1.165) is 65.5 Å². The van der Waals surface area contributed by atoms with Gasteiger partial charge in [-0.2, -0.15) is 0 Å². The molecule has 0 saturated carbocycles. The van der Waals surface area contributed by atoms with Crippen LogP contribution >= 0.6 is 0 Å². The van der Waals surface area contributed by atoms with Crippen LogP contribution in [0.5, 0.6) is 0 Å². The number of nitrogens with zero attached hydrogens (tertiary/aromatic N) is 2. The van der Waals surface area contributed by atoms with Gasteiger partial charge in [0.05, 0.1) is 19.8 Å². The standard InChI is InChI=1S/C21H40N2O2/c1-20(2,3)9-7-8-16-24-17-14-22-10-12-23(13-11-22)15-18-25-19-21(4,5)6/h9-19H2,1-6H3. The number of piperazine rings is 1. The van der Waals surface area contributed by atoms with E-state index in [1.54, 1.807) is 0 Å². The number of hydrogen-bond acceptors (Lipinski definition) is 4. The molecule has 4 nitrogen and oxygen atoms in total. The minimum absolute atomic E-state index is 0.260. The maximum absolute atomic E-state index is 5.77. The van der Waals surface area contributed by atoms with Crippen LogP contribution in [-0.2, 0) is 9.47 Å². The van der Waals surface area contributed by atoms with Gasteiger partial charge in [0.1, 0.15) is 6.61 Å². The molecule has 1 fully saturated rings. The van der Waals surface area contributed by atoms with Gasteiger partial charge in [-0.3, -0.25) is 9.80 Å². The highest BCUT2D eigenvalue weighted by Gasteiger charge is 2.16. The first-order valence-electron chi connectivity index (χ1n) is 9.72. The van der Waals surface area contributed by atoms with Crippen molar-refractivity contribution >= 4 is 0 Å². The van der Waals surface area contributed by atoms with Crippen LogP contribution in [0.15, 0.2) is 0 Å². The molecule has 0 spiro atoms. The Kier molecular flexibility index (Phi) is 10.0. The summed E-state index contributed by atoms with van der Waals surface area (Å²) in [5.41, 5.74) is 0.542. The molecule has 0 bridgehead atoms. The van der Waals surface area contributed by atoms with Crippen LogP contribution in [0.25, 0.3) is 0 Å². The van der Waals surface area contributed by atoms with Gasteiger partial charge < -0.3 is 9.47 Å². The second-order valence-electron chi connectivity index (χ2n) is 9.44. The number of ether oxygens (including phenoxy) is 2. The average Bonchev–Trinajstić information content (AvgIpc) is 2.50. The fraction of sp³-hybridized carbons (Fsp3) is 0.905. The topological polar surface area (TPSA) is 24.9 Å². The highest BCUT2D eigenvalue weighted by molar-refractivity contribution is 5.01. The normalized spacial score (nSPS) is 17.4. The van der Waals surface area contributed by atoms with Gasteiger partial charge in [0.15, 0.2) is 0 Å². The summed E-state index contributed by atoms with van der Waals surface area (Å²) >= 11 is 0. The first-order valence-corrected chi connectivity index (χ1v) is 9.72. The van der Waals surface area contributed by atoms with Gasteiger partial charge >= 0.3 is 0 Å². The van der Waals surface area contributed by atoms with Gasteiger partial charge in [0, 0.05) is 45.7 Å². The van der Waals surface area contributed by atoms with Crippen molar-refractivity contribution in [2.45, 2.75) is 48.0 Å². The summed E-state index contributed by atoms with van der Waals surface area (Å²) in [6.07, 6.45) is 0.928. The molecule has 0 radical (unpaired) electrons. The van der Waals surface area contributed by atoms with Crippen LogP contribution in [0.4, 0.5) is 0 Å². The molecule has 0 amide bonds. The van der Waals surface area contributed by atoms with Crippen LogP contribution in [0, 0.1) is 22.7 Å². The van der Waals surface area contributed by atoms with E-state index < -0.39 is 0 Å². The predicted molar refractivity (Wildman–Crippen MR) is 106 cm³/mol. The molecule has 4 heteroatoms. The second kappa shape index (κ2) is 11.2. The summed E-state index contributed by atoms with van der Waals surface area (Å²) in [7, 11) is 0. The fourth-order valence-electron chi connectivity index (χ4n) is 2.50. The molecule has 1 rings (SSSR count). The van der Waals surface area contributed by atoms with Crippen molar-refractivity contribution in [3.05, 3.63) is 0 Å². The quantitative estimate of drug-likeness (QED) is 0.495. The summed E-state index contributed by atoms with van der Waals surface area (Å²) in [4.78, 5) is 4.98. The monoisotopic (exact) mass is 352 g/mol. The van der Waals surface area contributed by atoms with Crippen molar-refractivity contribution < 1.29 is 9.47 Å². The molecule has 0 atom stereocenters. The maximum atomic E-state index is 5.77. The van der Waals surface area contributed by atoms with Crippen LogP contribution < -0.4 is 0 Å². The highest BCUT2D eigenvalue weighted by Crippen LogP contribution is 2.16. The van der Waals surface area contributed by atoms with E-state index in [9.17, 15) is 0 Å². The predicted octanol–water partition coefficient (Wildman–Crippen LogP) is 3.12. The van der Waals surface area contributed by atoms with E-state index in [4.69, 9.17) is 9.47 Å². The summed E-state index contributed by atoms with van der Waals surface area (Å²) < 4.78 is 11.4. The molecule has 1 aliphatic rings. The lowest BCUT2D eigenvalue weighted by Crippen LogP contribution is -2.48. The Hall–Kier alpha value is -0.600. The zero-order chi connectivity index (χ0) is 18.8. The van der Waals surface area contributed by atoms with Crippen LogP contribution in [-0.4, -0.2) is 75.5 Å². The number of hydrogen-bond donors (Lipinski definition) is 0. The second-order valence-corrected chi connectivity index (χ2v) is 9.44. The van der Waals surface area contributed by atoms with Gasteiger partial charge in [-0.25, -0.2) is 0 Å².